The SMILES string of the molecule is O=[N+]([O-])c1c(O)ccc(C2CCCCC2)c1[N+](=O)[O-]. The normalized spacial score (nSPS) is 16.2. The lowest BCUT2D eigenvalue weighted by atomic mass is 9.83. The molecule has 7 heteroatoms. The van der Waals surface area contributed by atoms with Crippen molar-refractivity contribution < 1.29 is 15.0 Å². The van der Waals surface area contributed by atoms with Crippen LogP contribution in [0, 0.1) is 20.2 Å². The summed E-state index contributed by atoms with van der Waals surface area (Å²) in [6.07, 6.45) is 4.61. The molecule has 0 spiro atoms. The average Bonchev–Trinajstić information content (AvgIpc) is 2.38. The molecule has 1 fully saturated rings. The van der Waals surface area contributed by atoms with Crippen molar-refractivity contribution in [2.24, 2.45) is 0 Å². The maximum Gasteiger partial charge on any atom is 0.387 e. The van der Waals surface area contributed by atoms with Crippen molar-refractivity contribution in [2.75, 3.05) is 0 Å². The minimum atomic E-state index is -0.889. The Kier molecular flexibility index (Phi) is 3.64. The number of nitro groups is 2. The highest BCUT2D eigenvalue weighted by atomic mass is 16.6. The first kappa shape index (κ1) is 13.3. The average molecular weight is 266 g/mol. The van der Waals surface area contributed by atoms with Crippen LogP contribution in [0.1, 0.15) is 43.6 Å². The maximum absolute atomic E-state index is 11.1. The van der Waals surface area contributed by atoms with Gasteiger partial charge in [-0.3, -0.25) is 20.2 Å². The van der Waals surface area contributed by atoms with Crippen LogP contribution in [0.2, 0.25) is 0 Å². The number of hydrogen-bond acceptors (Lipinski definition) is 5. The number of hydrogen-bond donors (Lipinski definition) is 1. The van der Waals surface area contributed by atoms with Gasteiger partial charge in [0.2, 0.25) is 5.75 Å². The zero-order chi connectivity index (χ0) is 14.0. The summed E-state index contributed by atoms with van der Waals surface area (Å²) in [4.78, 5) is 20.4. The van der Waals surface area contributed by atoms with Gasteiger partial charge in [0.1, 0.15) is 0 Å². The van der Waals surface area contributed by atoms with Gasteiger partial charge in [-0.05, 0) is 30.9 Å². The topological polar surface area (TPSA) is 107 Å². The van der Waals surface area contributed by atoms with E-state index in [1.54, 1.807) is 0 Å². The Hall–Kier alpha value is -2.18. The van der Waals surface area contributed by atoms with Gasteiger partial charge in [-0.15, -0.1) is 0 Å². The molecule has 7 nitrogen and oxygen atoms in total. The fourth-order valence-corrected chi connectivity index (χ4v) is 2.70. The molecule has 1 aliphatic carbocycles. The van der Waals surface area contributed by atoms with Crippen molar-refractivity contribution in [3.8, 4) is 5.75 Å². The van der Waals surface area contributed by atoms with Gasteiger partial charge in [0, 0.05) is 5.56 Å². The zero-order valence-corrected chi connectivity index (χ0v) is 10.2. The molecular weight excluding hydrogens is 252 g/mol. The van der Waals surface area contributed by atoms with E-state index in [-0.39, 0.29) is 5.92 Å². The molecule has 0 amide bonds. The van der Waals surface area contributed by atoms with E-state index >= 15 is 0 Å². The van der Waals surface area contributed by atoms with Crippen LogP contribution in [0.4, 0.5) is 11.4 Å². The molecule has 1 aliphatic rings. The fourth-order valence-electron chi connectivity index (χ4n) is 2.70. The lowest BCUT2D eigenvalue weighted by Gasteiger charge is -2.21. The third-order valence-corrected chi connectivity index (χ3v) is 3.57. The Morgan fingerprint density at radius 3 is 2.11 bits per heavy atom. The molecule has 1 saturated carbocycles. The lowest BCUT2D eigenvalue weighted by Crippen LogP contribution is -2.09. The summed E-state index contributed by atoms with van der Waals surface area (Å²) >= 11 is 0. The molecule has 1 aromatic carbocycles. The molecular formula is C12H14N2O5. The number of aromatic hydroxyl groups is 1. The van der Waals surface area contributed by atoms with Crippen molar-refractivity contribution in [3.05, 3.63) is 37.9 Å². The Morgan fingerprint density at radius 1 is 1.00 bits per heavy atom. The number of rotatable bonds is 3. The highest BCUT2D eigenvalue weighted by Crippen LogP contribution is 2.44. The van der Waals surface area contributed by atoms with Gasteiger partial charge in [-0.2, -0.15) is 0 Å². The number of benzene rings is 1. The summed E-state index contributed by atoms with van der Waals surface area (Å²) in [5.74, 6) is -0.690. The minimum absolute atomic E-state index is 0.0338. The predicted molar refractivity (Wildman–Crippen MR) is 67.2 cm³/mol. The second-order valence-corrected chi connectivity index (χ2v) is 4.72. The third-order valence-electron chi connectivity index (χ3n) is 3.57. The second-order valence-electron chi connectivity index (χ2n) is 4.72. The molecule has 1 N–H and O–H groups in total. The number of nitrogens with zero attached hydrogens (tertiary/aromatic N) is 2. The summed E-state index contributed by atoms with van der Waals surface area (Å²) < 4.78 is 0. The molecule has 1 aromatic rings. The molecule has 2 rings (SSSR count). The second kappa shape index (κ2) is 5.21. The zero-order valence-electron chi connectivity index (χ0n) is 10.2. The van der Waals surface area contributed by atoms with E-state index in [0.29, 0.717) is 5.56 Å². The summed E-state index contributed by atoms with van der Waals surface area (Å²) in [5, 5.41) is 31.5. The van der Waals surface area contributed by atoms with E-state index in [4.69, 9.17) is 0 Å². The van der Waals surface area contributed by atoms with Gasteiger partial charge < -0.3 is 5.11 Å². The van der Waals surface area contributed by atoms with Gasteiger partial charge in [0.15, 0.2) is 0 Å². The molecule has 0 heterocycles. The summed E-state index contributed by atoms with van der Waals surface area (Å²) in [7, 11) is 0. The van der Waals surface area contributed by atoms with E-state index in [9.17, 15) is 25.3 Å². The smallest absolute Gasteiger partial charge is 0.387 e. The first-order chi connectivity index (χ1) is 9.02. The van der Waals surface area contributed by atoms with E-state index in [2.05, 4.69) is 0 Å². The Balaban J connectivity index is 2.57. The third kappa shape index (κ3) is 2.49. The van der Waals surface area contributed by atoms with Crippen LogP contribution >= 0.6 is 0 Å². The largest absolute Gasteiger partial charge is 0.502 e. The first-order valence-electron chi connectivity index (χ1n) is 6.17. The molecule has 19 heavy (non-hydrogen) atoms. The minimum Gasteiger partial charge on any atom is -0.502 e. The molecule has 0 unspecified atom stereocenters. The van der Waals surface area contributed by atoms with Crippen molar-refractivity contribution in [1.29, 1.82) is 0 Å². The van der Waals surface area contributed by atoms with Crippen LogP contribution in [0.25, 0.3) is 0 Å². The standard InChI is InChI=1S/C12H14N2O5/c15-10-7-6-9(8-4-2-1-3-5-8)11(13(16)17)12(10)14(18)19/h6-8,15H,1-5H2. The molecule has 102 valence electrons. The van der Waals surface area contributed by atoms with E-state index < -0.39 is 27.0 Å². The predicted octanol–water partition coefficient (Wildman–Crippen LogP) is 3.26. The van der Waals surface area contributed by atoms with Crippen molar-refractivity contribution in [1.82, 2.24) is 0 Å². The summed E-state index contributed by atoms with van der Waals surface area (Å²) in [5.41, 5.74) is -0.987. The van der Waals surface area contributed by atoms with E-state index in [0.717, 1.165) is 32.1 Å². The van der Waals surface area contributed by atoms with Crippen LogP contribution in [-0.4, -0.2) is 15.0 Å². The number of phenols is 1. The van der Waals surface area contributed by atoms with Gasteiger partial charge >= 0.3 is 11.4 Å². The van der Waals surface area contributed by atoms with Gasteiger partial charge in [-0.1, -0.05) is 19.3 Å². The summed E-state index contributed by atoms with van der Waals surface area (Å²) in [6.45, 7) is 0. The lowest BCUT2D eigenvalue weighted by molar-refractivity contribution is -0.423. The molecule has 0 aliphatic heterocycles. The Morgan fingerprint density at radius 2 is 1.58 bits per heavy atom. The molecule has 0 atom stereocenters. The quantitative estimate of drug-likeness (QED) is 0.667. The van der Waals surface area contributed by atoms with Gasteiger partial charge in [-0.25, -0.2) is 0 Å². The highest BCUT2D eigenvalue weighted by molar-refractivity contribution is 5.66. The number of phenolic OH excluding ortho intramolecular Hbond substituents is 1. The fraction of sp³-hybridized carbons (Fsp3) is 0.500. The van der Waals surface area contributed by atoms with Crippen LogP contribution in [-0.2, 0) is 0 Å². The van der Waals surface area contributed by atoms with Crippen LogP contribution in [0.5, 0.6) is 5.75 Å². The molecule has 0 radical (unpaired) electrons. The molecule has 0 saturated heterocycles. The van der Waals surface area contributed by atoms with Crippen LogP contribution < -0.4 is 0 Å². The number of nitro benzene ring substituents is 2. The van der Waals surface area contributed by atoms with Crippen molar-refractivity contribution in [2.45, 2.75) is 38.0 Å². The molecule has 0 aromatic heterocycles. The Labute approximate surface area is 109 Å². The molecule has 0 bridgehead atoms. The van der Waals surface area contributed by atoms with Crippen LogP contribution in [0.15, 0.2) is 12.1 Å². The maximum atomic E-state index is 11.1. The van der Waals surface area contributed by atoms with E-state index in [1.165, 1.54) is 12.1 Å². The van der Waals surface area contributed by atoms with Crippen molar-refractivity contribution in [3.63, 3.8) is 0 Å². The summed E-state index contributed by atoms with van der Waals surface area (Å²) in [6, 6.07) is 2.62. The highest BCUT2D eigenvalue weighted by Gasteiger charge is 2.35. The van der Waals surface area contributed by atoms with E-state index in [1.807, 2.05) is 0 Å². The van der Waals surface area contributed by atoms with Crippen LogP contribution in [0.3, 0.4) is 0 Å². The van der Waals surface area contributed by atoms with Gasteiger partial charge in [0.25, 0.3) is 0 Å². The monoisotopic (exact) mass is 266 g/mol. The first-order valence-corrected chi connectivity index (χ1v) is 6.17. The van der Waals surface area contributed by atoms with Gasteiger partial charge in [0.05, 0.1) is 9.85 Å². The Bertz CT molecular complexity index is 523. The van der Waals surface area contributed by atoms with Crippen molar-refractivity contribution >= 4 is 11.4 Å².